The molecule has 2 heterocycles. The van der Waals surface area contributed by atoms with Crippen molar-refractivity contribution in [1.29, 1.82) is 0 Å². The highest BCUT2D eigenvalue weighted by Crippen LogP contribution is 2.32. The Hall–Kier alpha value is -0.940. The van der Waals surface area contributed by atoms with E-state index in [2.05, 4.69) is 26.1 Å². The molecule has 0 saturated heterocycles. The van der Waals surface area contributed by atoms with Crippen molar-refractivity contribution in [2.45, 2.75) is 31.2 Å². The van der Waals surface area contributed by atoms with E-state index in [0.717, 1.165) is 35.2 Å². The summed E-state index contributed by atoms with van der Waals surface area (Å²) < 4.78 is 3.04. The van der Waals surface area contributed by atoms with Crippen molar-refractivity contribution >= 4 is 21.6 Å². The molecule has 0 aliphatic heterocycles. The molecular weight excluding hydrogens is 268 g/mol. The van der Waals surface area contributed by atoms with Crippen LogP contribution >= 0.6 is 15.9 Å². The van der Waals surface area contributed by atoms with Crippen LogP contribution in [0.1, 0.15) is 25.1 Å². The van der Waals surface area contributed by atoms with Gasteiger partial charge < -0.3 is 5.73 Å². The van der Waals surface area contributed by atoms with Gasteiger partial charge >= 0.3 is 0 Å². The zero-order chi connectivity index (χ0) is 11.2. The first-order chi connectivity index (χ1) is 7.66. The lowest BCUT2D eigenvalue weighted by atomic mass is 9.75. The third-order valence-corrected chi connectivity index (χ3v) is 3.77. The first-order valence-corrected chi connectivity index (χ1v) is 6.24. The van der Waals surface area contributed by atoms with E-state index in [1.807, 2.05) is 22.7 Å². The van der Waals surface area contributed by atoms with Crippen molar-refractivity contribution in [3.05, 3.63) is 28.6 Å². The lowest BCUT2D eigenvalue weighted by molar-refractivity contribution is 0.243. The summed E-state index contributed by atoms with van der Waals surface area (Å²) in [7, 11) is 0. The number of hydrogen-bond acceptors (Lipinski definition) is 3. The topological polar surface area (TPSA) is 56.2 Å². The smallest absolute Gasteiger partial charge is 0.160 e. The quantitative estimate of drug-likeness (QED) is 0.915. The Bertz CT molecular complexity index is 530. The zero-order valence-corrected chi connectivity index (χ0v) is 10.4. The fraction of sp³-hybridized carbons (Fsp3) is 0.455. The van der Waals surface area contributed by atoms with Crippen LogP contribution in [-0.2, 0) is 6.42 Å². The number of rotatable bonds is 2. The minimum absolute atomic E-state index is 0.0503. The number of fused-ring (bicyclic) bond motifs is 1. The van der Waals surface area contributed by atoms with E-state index in [9.17, 15) is 0 Å². The minimum atomic E-state index is -0.0503. The molecule has 0 amide bonds. The zero-order valence-electron chi connectivity index (χ0n) is 8.86. The van der Waals surface area contributed by atoms with Crippen LogP contribution in [0.4, 0.5) is 0 Å². The van der Waals surface area contributed by atoms with E-state index in [1.165, 1.54) is 6.42 Å². The molecule has 4 nitrogen and oxygen atoms in total. The van der Waals surface area contributed by atoms with Crippen LogP contribution in [0.5, 0.6) is 0 Å². The molecule has 5 heteroatoms. The number of halogens is 1. The molecule has 0 radical (unpaired) electrons. The molecule has 1 saturated carbocycles. The van der Waals surface area contributed by atoms with E-state index in [-0.39, 0.29) is 5.54 Å². The van der Waals surface area contributed by atoms with Gasteiger partial charge in [-0.25, -0.2) is 0 Å². The standard InChI is InChI=1S/C11H13BrN4/c12-8-2-3-9-14-15-10(16(9)7-8)6-11(13)4-1-5-11/h2-3,7H,1,4-6,13H2. The second-order valence-electron chi connectivity index (χ2n) is 4.58. The van der Waals surface area contributed by atoms with Gasteiger partial charge in [-0.2, -0.15) is 0 Å². The summed E-state index contributed by atoms with van der Waals surface area (Å²) in [5.41, 5.74) is 7.06. The highest BCUT2D eigenvalue weighted by molar-refractivity contribution is 9.10. The Morgan fingerprint density at radius 2 is 2.19 bits per heavy atom. The van der Waals surface area contributed by atoms with Crippen molar-refractivity contribution in [2.24, 2.45) is 5.73 Å². The van der Waals surface area contributed by atoms with Crippen molar-refractivity contribution in [3.8, 4) is 0 Å². The van der Waals surface area contributed by atoms with Crippen LogP contribution in [0.25, 0.3) is 5.65 Å². The summed E-state index contributed by atoms with van der Waals surface area (Å²) in [6.07, 6.45) is 6.22. The van der Waals surface area contributed by atoms with E-state index in [4.69, 9.17) is 5.73 Å². The molecule has 1 fully saturated rings. The molecule has 1 aliphatic carbocycles. The largest absolute Gasteiger partial charge is 0.325 e. The molecule has 3 rings (SSSR count). The summed E-state index contributed by atoms with van der Waals surface area (Å²) in [5.74, 6) is 0.957. The van der Waals surface area contributed by atoms with Crippen LogP contribution in [0, 0.1) is 0 Å². The van der Waals surface area contributed by atoms with Gasteiger partial charge in [-0.3, -0.25) is 4.40 Å². The lowest BCUT2D eigenvalue weighted by Gasteiger charge is -2.37. The van der Waals surface area contributed by atoms with E-state index in [0.29, 0.717) is 0 Å². The molecule has 2 aromatic heterocycles. The molecule has 1 aliphatic rings. The number of nitrogens with two attached hydrogens (primary N) is 1. The molecular formula is C11H13BrN4. The summed E-state index contributed by atoms with van der Waals surface area (Å²) in [4.78, 5) is 0. The molecule has 0 atom stereocenters. The molecule has 2 N–H and O–H groups in total. The van der Waals surface area contributed by atoms with Crippen LogP contribution in [0.3, 0.4) is 0 Å². The van der Waals surface area contributed by atoms with Gasteiger partial charge in [0.15, 0.2) is 5.65 Å². The van der Waals surface area contributed by atoms with E-state index in [1.54, 1.807) is 0 Å². The summed E-state index contributed by atoms with van der Waals surface area (Å²) in [5, 5.41) is 8.35. The highest BCUT2D eigenvalue weighted by atomic mass is 79.9. The molecule has 0 bridgehead atoms. The second-order valence-corrected chi connectivity index (χ2v) is 5.50. The van der Waals surface area contributed by atoms with E-state index >= 15 is 0 Å². The second kappa shape index (κ2) is 3.53. The highest BCUT2D eigenvalue weighted by Gasteiger charge is 2.34. The molecule has 0 unspecified atom stereocenters. The molecule has 16 heavy (non-hydrogen) atoms. The molecule has 2 aromatic rings. The first kappa shape index (κ1) is 10.2. The van der Waals surface area contributed by atoms with Gasteiger partial charge in [-0.1, -0.05) is 0 Å². The maximum Gasteiger partial charge on any atom is 0.160 e. The third kappa shape index (κ3) is 1.64. The van der Waals surface area contributed by atoms with Crippen LogP contribution in [0.15, 0.2) is 22.8 Å². The Morgan fingerprint density at radius 1 is 1.38 bits per heavy atom. The maximum absolute atomic E-state index is 6.23. The Morgan fingerprint density at radius 3 is 2.88 bits per heavy atom. The third-order valence-electron chi connectivity index (χ3n) is 3.30. The normalized spacial score (nSPS) is 18.6. The van der Waals surface area contributed by atoms with Gasteiger partial charge in [-0.05, 0) is 47.3 Å². The Kier molecular flexibility index (Phi) is 2.26. The number of nitrogens with zero attached hydrogens (tertiary/aromatic N) is 3. The van der Waals surface area contributed by atoms with Crippen LogP contribution in [0.2, 0.25) is 0 Å². The monoisotopic (exact) mass is 280 g/mol. The molecule has 0 aromatic carbocycles. The van der Waals surface area contributed by atoms with Crippen molar-refractivity contribution in [3.63, 3.8) is 0 Å². The lowest BCUT2D eigenvalue weighted by Crippen LogP contribution is -2.48. The average molecular weight is 281 g/mol. The van der Waals surface area contributed by atoms with Gasteiger partial charge in [0.05, 0.1) is 0 Å². The first-order valence-electron chi connectivity index (χ1n) is 5.44. The molecule has 84 valence electrons. The fourth-order valence-electron chi connectivity index (χ4n) is 2.16. The van der Waals surface area contributed by atoms with Crippen molar-refractivity contribution < 1.29 is 0 Å². The maximum atomic E-state index is 6.23. The van der Waals surface area contributed by atoms with Gasteiger partial charge in [0, 0.05) is 22.6 Å². The summed E-state index contributed by atoms with van der Waals surface area (Å²) >= 11 is 3.45. The number of aromatic nitrogens is 3. The van der Waals surface area contributed by atoms with Crippen LogP contribution < -0.4 is 5.73 Å². The number of hydrogen-bond donors (Lipinski definition) is 1. The van der Waals surface area contributed by atoms with Gasteiger partial charge in [-0.15, -0.1) is 10.2 Å². The van der Waals surface area contributed by atoms with Crippen molar-refractivity contribution in [2.75, 3.05) is 0 Å². The predicted molar refractivity (Wildman–Crippen MR) is 65.2 cm³/mol. The van der Waals surface area contributed by atoms with Gasteiger partial charge in [0.1, 0.15) is 5.82 Å². The van der Waals surface area contributed by atoms with Crippen molar-refractivity contribution in [1.82, 2.24) is 14.6 Å². The van der Waals surface area contributed by atoms with E-state index < -0.39 is 0 Å². The predicted octanol–water partition coefficient (Wildman–Crippen LogP) is 1.92. The van der Waals surface area contributed by atoms with Crippen LogP contribution in [-0.4, -0.2) is 20.1 Å². The van der Waals surface area contributed by atoms with Gasteiger partial charge in [0.2, 0.25) is 0 Å². The Labute approximate surface area is 102 Å². The Balaban J connectivity index is 2.00. The summed E-state index contributed by atoms with van der Waals surface area (Å²) in [6.45, 7) is 0. The fourth-order valence-corrected chi connectivity index (χ4v) is 2.49. The SMILES string of the molecule is NC1(Cc2nnc3ccc(Br)cn23)CCC1. The minimum Gasteiger partial charge on any atom is -0.325 e. The number of pyridine rings is 1. The summed E-state index contributed by atoms with van der Waals surface area (Å²) in [6, 6.07) is 3.92. The average Bonchev–Trinajstić information content (AvgIpc) is 2.59. The van der Waals surface area contributed by atoms with Gasteiger partial charge in [0.25, 0.3) is 0 Å². The molecule has 0 spiro atoms.